The summed E-state index contributed by atoms with van der Waals surface area (Å²) >= 11 is 0. The number of nitrogens with one attached hydrogen (secondary N) is 1. The smallest absolute Gasteiger partial charge is 0.247 e. The van der Waals surface area contributed by atoms with Crippen molar-refractivity contribution in [1.82, 2.24) is 4.90 Å². The van der Waals surface area contributed by atoms with Crippen LogP contribution in [0.3, 0.4) is 0 Å². The van der Waals surface area contributed by atoms with E-state index in [-0.39, 0.29) is 24.5 Å². The Morgan fingerprint density at radius 2 is 2.00 bits per heavy atom. The molecule has 1 aliphatic heterocycles. The molecule has 1 heterocycles. The van der Waals surface area contributed by atoms with Crippen LogP contribution in [0.5, 0.6) is 0 Å². The third-order valence-corrected chi connectivity index (χ3v) is 5.43. The number of carbonyl (C=O) groups is 2. The van der Waals surface area contributed by atoms with E-state index < -0.39 is 0 Å². The van der Waals surface area contributed by atoms with Crippen LogP contribution < -0.4 is 5.32 Å². The largest absolute Gasteiger partial charge is 0.376 e. The Hall–Kier alpha value is -3.43. The predicted molar refractivity (Wildman–Crippen MR) is 120 cm³/mol. The number of aryl methyl sites for hydroxylation is 1. The fraction of sp³-hybridized carbons (Fsp3) is 0.320. The van der Waals surface area contributed by atoms with Crippen LogP contribution in [0, 0.1) is 25.2 Å². The normalized spacial score (nSPS) is 15.6. The number of hydrogen-bond acceptors (Lipinski definition) is 4. The molecule has 0 spiro atoms. The second-order valence-corrected chi connectivity index (χ2v) is 7.72. The average Bonchev–Trinajstić information content (AvgIpc) is 3.28. The van der Waals surface area contributed by atoms with Crippen molar-refractivity contribution in [1.29, 1.82) is 5.26 Å². The Bertz CT molecular complexity index is 1000. The lowest BCUT2D eigenvalue weighted by Gasteiger charge is -2.24. The first kappa shape index (κ1) is 22.3. The number of nitrogens with zero attached hydrogens (tertiary/aromatic N) is 2. The number of nitriles is 1. The molecule has 1 saturated heterocycles. The average molecular weight is 418 g/mol. The molecule has 1 aliphatic rings. The van der Waals surface area contributed by atoms with Crippen molar-refractivity contribution < 1.29 is 14.3 Å². The maximum Gasteiger partial charge on any atom is 0.247 e. The summed E-state index contributed by atoms with van der Waals surface area (Å²) in [6.07, 6.45) is 4.93. The van der Waals surface area contributed by atoms with Crippen LogP contribution in [0.1, 0.15) is 35.1 Å². The molecular formula is C25H27N3O3. The first-order valence-electron chi connectivity index (χ1n) is 10.4. The summed E-state index contributed by atoms with van der Waals surface area (Å²) in [4.78, 5) is 27.1. The molecule has 1 fully saturated rings. The molecule has 3 rings (SSSR count). The molecule has 160 valence electrons. The summed E-state index contributed by atoms with van der Waals surface area (Å²) in [5.41, 5.74) is 4.22. The SMILES string of the molecule is Cc1cccc(NC(=O)CN(CC2CCCO2)C(=O)C=Cc2ccc(C#N)cc2)c1C. The van der Waals surface area contributed by atoms with E-state index in [1.165, 1.54) is 11.0 Å². The molecule has 1 N–H and O–H groups in total. The quantitative estimate of drug-likeness (QED) is 0.694. The Morgan fingerprint density at radius 3 is 2.68 bits per heavy atom. The van der Waals surface area contributed by atoms with E-state index in [4.69, 9.17) is 10.00 Å². The Labute approximate surface area is 183 Å². The molecule has 1 atom stereocenters. The van der Waals surface area contributed by atoms with Gasteiger partial charge in [0, 0.05) is 24.9 Å². The lowest BCUT2D eigenvalue weighted by atomic mass is 10.1. The van der Waals surface area contributed by atoms with Crippen LogP contribution in [-0.4, -0.2) is 42.5 Å². The molecule has 2 aromatic carbocycles. The van der Waals surface area contributed by atoms with Gasteiger partial charge in [-0.25, -0.2) is 0 Å². The Morgan fingerprint density at radius 1 is 1.23 bits per heavy atom. The minimum atomic E-state index is -0.254. The highest BCUT2D eigenvalue weighted by atomic mass is 16.5. The summed E-state index contributed by atoms with van der Waals surface area (Å²) in [6.45, 7) is 4.95. The van der Waals surface area contributed by atoms with Gasteiger partial charge in [-0.05, 0) is 67.7 Å². The number of amides is 2. The lowest BCUT2D eigenvalue weighted by Crippen LogP contribution is -2.41. The van der Waals surface area contributed by atoms with Gasteiger partial charge in [0.2, 0.25) is 11.8 Å². The van der Waals surface area contributed by atoms with Crippen molar-refractivity contribution >= 4 is 23.6 Å². The molecule has 0 saturated carbocycles. The third kappa shape index (κ3) is 6.27. The fourth-order valence-corrected chi connectivity index (χ4v) is 3.46. The van der Waals surface area contributed by atoms with E-state index >= 15 is 0 Å². The molecule has 6 heteroatoms. The zero-order valence-corrected chi connectivity index (χ0v) is 17.9. The highest BCUT2D eigenvalue weighted by Gasteiger charge is 2.23. The van der Waals surface area contributed by atoms with Gasteiger partial charge >= 0.3 is 0 Å². The summed E-state index contributed by atoms with van der Waals surface area (Å²) < 4.78 is 5.68. The highest BCUT2D eigenvalue weighted by molar-refractivity contribution is 5.98. The molecule has 31 heavy (non-hydrogen) atoms. The van der Waals surface area contributed by atoms with Gasteiger partial charge in [-0.3, -0.25) is 9.59 Å². The van der Waals surface area contributed by atoms with E-state index in [9.17, 15) is 9.59 Å². The number of hydrogen-bond donors (Lipinski definition) is 1. The van der Waals surface area contributed by atoms with Crippen LogP contribution in [0.2, 0.25) is 0 Å². The first-order chi connectivity index (χ1) is 15.0. The van der Waals surface area contributed by atoms with Crippen molar-refractivity contribution in [3.8, 4) is 6.07 Å². The monoisotopic (exact) mass is 417 g/mol. The van der Waals surface area contributed by atoms with Crippen LogP contribution in [-0.2, 0) is 14.3 Å². The molecule has 0 aromatic heterocycles. The maximum absolute atomic E-state index is 12.9. The molecule has 2 aromatic rings. The Balaban J connectivity index is 1.69. The van der Waals surface area contributed by atoms with Gasteiger partial charge in [0.15, 0.2) is 0 Å². The van der Waals surface area contributed by atoms with Crippen LogP contribution in [0.4, 0.5) is 5.69 Å². The van der Waals surface area contributed by atoms with E-state index in [1.807, 2.05) is 32.0 Å². The number of carbonyl (C=O) groups excluding carboxylic acids is 2. The lowest BCUT2D eigenvalue weighted by molar-refractivity contribution is -0.131. The van der Waals surface area contributed by atoms with E-state index in [1.54, 1.807) is 30.3 Å². The van der Waals surface area contributed by atoms with E-state index in [2.05, 4.69) is 11.4 Å². The van der Waals surface area contributed by atoms with Gasteiger partial charge in [0.25, 0.3) is 0 Å². The van der Waals surface area contributed by atoms with Gasteiger partial charge in [0.05, 0.1) is 17.7 Å². The number of rotatable bonds is 7. The van der Waals surface area contributed by atoms with Gasteiger partial charge in [-0.2, -0.15) is 5.26 Å². The van der Waals surface area contributed by atoms with Crippen molar-refractivity contribution in [3.05, 3.63) is 70.8 Å². The van der Waals surface area contributed by atoms with Crippen molar-refractivity contribution in [3.63, 3.8) is 0 Å². The van der Waals surface area contributed by atoms with Crippen LogP contribution in [0.15, 0.2) is 48.5 Å². The van der Waals surface area contributed by atoms with E-state index in [0.29, 0.717) is 18.7 Å². The van der Waals surface area contributed by atoms with Gasteiger partial charge in [-0.1, -0.05) is 24.3 Å². The summed E-state index contributed by atoms with van der Waals surface area (Å²) in [6, 6.07) is 14.8. The highest BCUT2D eigenvalue weighted by Crippen LogP contribution is 2.18. The summed E-state index contributed by atoms with van der Waals surface area (Å²) in [7, 11) is 0. The molecule has 6 nitrogen and oxygen atoms in total. The minimum absolute atomic E-state index is 0.0518. The van der Waals surface area contributed by atoms with Crippen molar-refractivity contribution in [2.75, 3.05) is 25.0 Å². The zero-order valence-electron chi connectivity index (χ0n) is 17.9. The number of ether oxygens (including phenoxy) is 1. The van der Waals surface area contributed by atoms with Crippen LogP contribution in [0.25, 0.3) is 6.08 Å². The van der Waals surface area contributed by atoms with Crippen molar-refractivity contribution in [2.45, 2.75) is 32.8 Å². The van der Waals surface area contributed by atoms with Crippen molar-refractivity contribution in [2.24, 2.45) is 0 Å². The molecule has 2 amide bonds. The Kier molecular flexibility index (Phi) is 7.58. The van der Waals surface area contributed by atoms with Gasteiger partial charge in [0.1, 0.15) is 6.54 Å². The maximum atomic E-state index is 12.9. The summed E-state index contributed by atoms with van der Waals surface area (Å²) in [5.74, 6) is -0.497. The zero-order chi connectivity index (χ0) is 22.2. The minimum Gasteiger partial charge on any atom is -0.376 e. The fourth-order valence-electron chi connectivity index (χ4n) is 3.46. The number of anilines is 1. The standard InChI is InChI=1S/C25H27N3O3/c1-18-5-3-7-23(19(18)2)27-24(29)17-28(16-22-6-4-14-31-22)25(30)13-12-20-8-10-21(15-26)11-9-20/h3,5,7-13,22H,4,6,14,16-17H2,1-2H3,(H,27,29). The second-order valence-electron chi connectivity index (χ2n) is 7.72. The van der Waals surface area contributed by atoms with Crippen LogP contribution >= 0.6 is 0 Å². The first-order valence-corrected chi connectivity index (χ1v) is 10.4. The molecular weight excluding hydrogens is 390 g/mol. The predicted octanol–water partition coefficient (Wildman–Crippen LogP) is 3.83. The van der Waals surface area contributed by atoms with Gasteiger partial charge < -0.3 is 15.0 Å². The van der Waals surface area contributed by atoms with E-state index in [0.717, 1.165) is 35.2 Å². The molecule has 0 radical (unpaired) electrons. The van der Waals surface area contributed by atoms with Gasteiger partial charge in [-0.15, -0.1) is 0 Å². The number of benzene rings is 2. The topological polar surface area (TPSA) is 82.4 Å². The molecule has 0 aliphatic carbocycles. The summed E-state index contributed by atoms with van der Waals surface area (Å²) in [5, 5.41) is 11.8. The third-order valence-electron chi connectivity index (χ3n) is 5.43. The molecule has 0 bridgehead atoms. The molecule has 1 unspecified atom stereocenters. The second kappa shape index (κ2) is 10.6.